The highest BCUT2D eigenvalue weighted by Gasteiger charge is 2.39. The van der Waals surface area contributed by atoms with E-state index in [2.05, 4.69) is 15.4 Å². The molecule has 49 heavy (non-hydrogen) atoms. The monoisotopic (exact) mass is 674 g/mol. The Labute approximate surface area is 289 Å². The number of methoxy groups -OCH3 is 3. The lowest BCUT2D eigenvalue weighted by molar-refractivity contribution is -0.135. The molecule has 0 saturated carbocycles. The van der Waals surface area contributed by atoms with Gasteiger partial charge in [-0.2, -0.15) is 0 Å². The molecule has 3 N–H and O–H groups in total. The number of aliphatic hydroxyl groups excluding tert-OH is 1. The molecule has 0 aromatic heterocycles. The van der Waals surface area contributed by atoms with E-state index in [4.69, 9.17) is 14.2 Å². The second kappa shape index (κ2) is 21.3. The van der Waals surface area contributed by atoms with Crippen molar-refractivity contribution in [2.24, 2.45) is 0 Å². The highest BCUT2D eigenvalue weighted by atomic mass is 16.5. The maximum Gasteiger partial charge on any atom is 0.330 e. The van der Waals surface area contributed by atoms with E-state index in [1.54, 1.807) is 14.2 Å². The second-order valence-corrected chi connectivity index (χ2v) is 11.6. The van der Waals surface area contributed by atoms with Crippen molar-refractivity contribution in [3.8, 4) is 11.5 Å². The molecule has 3 aromatic carbocycles. The number of benzene rings is 3. The summed E-state index contributed by atoms with van der Waals surface area (Å²) < 4.78 is 21.9. The van der Waals surface area contributed by atoms with Gasteiger partial charge < -0.3 is 34.7 Å². The fraction of sp³-hybridized carbons (Fsp3) is 0.410. The molecule has 3 aromatic rings. The molecule has 10 nitrogen and oxygen atoms in total. The fourth-order valence-electron chi connectivity index (χ4n) is 5.45. The Morgan fingerprint density at radius 2 is 1.24 bits per heavy atom. The van der Waals surface area contributed by atoms with Crippen LogP contribution in [0.3, 0.4) is 0 Å². The average molecular weight is 675 g/mol. The number of unbranched alkanes of at least 4 members (excludes halogenated alkanes) is 6. The van der Waals surface area contributed by atoms with E-state index >= 15 is 0 Å². The van der Waals surface area contributed by atoms with Gasteiger partial charge in [0.15, 0.2) is 6.10 Å². The number of allylic oxidation sites excluding steroid dienone is 1. The summed E-state index contributed by atoms with van der Waals surface area (Å²) in [5, 5.41) is 16.4. The van der Waals surface area contributed by atoms with Crippen LogP contribution in [0.25, 0.3) is 0 Å². The molecule has 0 bridgehead atoms. The lowest BCUT2D eigenvalue weighted by atomic mass is 9.80. The summed E-state index contributed by atoms with van der Waals surface area (Å²) in [5.41, 5.74) is 1.21. The Bertz CT molecular complexity index is 1390. The molecule has 3 rings (SSSR count). The van der Waals surface area contributed by atoms with Crippen LogP contribution >= 0.6 is 0 Å². The van der Waals surface area contributed by atoms with Crippen LogP contribution in [0.4, 0.5) is 0 Å². The molecule has 0 spiro atoms. The molecule has 0 fully saturated rings. The summed E-state index contributed by atoms with van der Waals surface area (Å²) in [6.45, 7) is 0.130. The third-order valence-corrected chi connectivity index (χ3v) is 8.16. The van der Waals surface area contributed by atoms with Crippen LogP contribution in [0.5, 0.6) is 11.5 Å². The molecule has 2 amide bonds. The first kappa shape index (κ1) is 38.8. The summed E-state index contributed by atoms with van der Waals surface area (Å²) in [6, 6.07) is 24.6. The van der Waals surface area contributed by atoms with Crippen molar-refractivity contribution in [1.82, 2.24) is 10.6 Å². The Hall–Kier alpha value is -4.67. The standard InChI is InChI=1S/C39H50N2O8/c1-46-33-23-19-31(20-24-33)39(30-15-11-10-12-16-30,32-21-25-34(47-2)26-22-32)49-29-35(42)38(45)41-28-27-40-36(43)17-13-8-6-4-5-7-9-14-18-37(44)48-3/h10-12,14-16,18-26,35,42H,4-9,13,17,27-29H2,1-3H3,(H,40,43)(H,41,45)/t35-/m0/s1. The Morgan fingerprint density at radius 3 is 1.82 bits per heavy atom. The fourth-order valence-corrected chi connectivity index (χ4v) is 5.45. The number of carbonyl (C=O) groups excluding carboxylic acids is 3. The summed E-state index contributed by atoms with van der Waals surface area (Å²) >= 11 is 0. The van der Waals surface area contributed by atoms with Crippen molar-refractivity contribution in [3.05, 3.63) is 108 Å². The zero-order chi connectivity index (χ0) is 35.3. The minimum atomic E-state index is -1.46. The molecule has 0 aliphatic rings. The van der Waals surface area contributed by atoms with E-state index in [-0.39, 0.29) is 31.6 Å². The normalized spacial score (nSPS) is 11.9. The molecule has 10 heteroatoms. The molecule has 264 valence electrons. The Morgan fingerprint density at radius 1 is 0.714 bits per heavy atom. The lowest BCUT2D eigenvalue weighted by Gasteiger charge is -2.36. The van der Waals surface area contributed by atoms with E-state index < -0.39 is 17.6 Å². The zero-order valence-corrected chi connectivity index (χ0v) is 28.8. The molecule has 0 aliphatic carbocycles. The number of rotatable bonds is 22. The maximum absolute atomic E-state index is 12.9. The average Bonchev–Trinajstić information content (AvgIpc) is 3.14. The number of nitrogens with one attached hydrogen (secondary N) is 2. The molecular weight excluding hydrogens is 624 g/mol. The van der Waals surface area contributed by atoms with Crippen LogP contribution in [0, 0.1) is 0 Å². The van der Waals surface area contributed by atoms with Gasteiger partial charge in [-0.15, -0.1) is 0 Å². The zero-order valence-electron chi connectivity index (χ0n) is 28.8. The topological polar surface area (TPSA) is 132 Å². The van der Waals surface area contributed by atoms with Crippen molar-refractivity contribution in [1.29, 1.82) is 0 Å². The number of ether oxygens (including phenoxy) is 4. The smallest absolute Gasteiger partial charge is 0.330 e. The van der Waals surface area contributed by atoms with Crippen LogP contribution in [-0.2, 0) is 29.5 Å². The minimum absolute atomic E-state index is 0.0716. The lowest BCUT2D eigenvalue weighted by Crippen LogP contribution is -2.43. The number of esters is 1. The Kier molecular flexibility index (Phi) is 16.9. The van der Waals surface area contributed by atoms with E-state index in [9.17, 15) is 19.5 Å². The largest absolute Gasteiger partial charge is 0.497 e. The van der Waals surface area contributed by atoms with Crippen LogP contribution in [-0.4, -0.2) is 70.0 Å². The summed E-state index contributed by atoms with van der Waals surface area (Å²) in [5.74, 6) is 0.365. The summed E-state index contributed by atoms with van der Waals surface area (Å²) in [6.07, 6.45) is 9.07. The van der Waals surface area contributed by atoms with Gasteiger partial charge in [0.25, 0.3) is 5.91 Å². The number of hydrogen-bond donors (Lipinski definition) is 3. The number of aliphatic hydroxyl groups is 1. The first-order valence-electron chi connectivity index (χ1n) is 16.8. The van der Waals surface area contributed by atoms with Crippen molar-refractivity contribution in [3.63, 3.8) is 0 Å². The highest BCUT2D eigenvalue weighted by molar-refractivity contribution is 5.81. The van der Waals surface area contributed by atoms with Crippen LogP contribution in [0.2, 0.25) is 0 Å². The van der Waals surface area contributed by atoms with E-state index in [1.807, 2.05) is 84.9 Å². The first-order chi connectivity index (χ1) is 23.8. The first-order valence-corrected chi connectivity index (χ1v) is 16.8. The van der Waals surface area contributed by atoms with Crippen LogP contribution < -0.4 is 20.1 Å². The van der Waals surface area contributed by atoms with Crippen molar-refractivity contribution in [2.75, 3.05) is 41.0 Å². The van der Waals surface area contributed by atoms with Gasteiger partial charge >= 0.3 is 5.97 Å². The molecule has 0 unspecified atom stereocenters. The SMILES string of the molecule is COC(=O)C=CCCCCCCCCC(=O)NCCNC(=O)[C@@H](O)COC(c1ccccc1)(c1ccc(OC)cc1)c1ccc(OC)cc1. The van der Waals surface area contributed by atoms with Gasteiger partial charge in [-0.25, -0.2) is 4.79 Å². The third-order valence-electron chi connectivity index (χ3n) is 8.16. The summed E-state index contributed by atoms with van der Waals surface area (Å²) in [4.78, 5) is 36.2. The van der Waals surface area contributed by atoms with Gasteiger partial charge in [-0.05, 0) is 60.2 Å². The van der Waals surface area contributed by atoms with E-state index in [1.165, 1.54) is 13.2 Å². The number of hydrogen-bond acceptors (Lipinski definition) is 8. The molecule has 0 saturated heterocycles. The Balaban J connectivity index is 1.49. The maximum atomic E-state index is 12.9. The van der Waals surface area contributed by atoms with Gasteiger partial charge in [-0.1, -0.05) is 86.4 Å². The number of carbonyl (C=O) groups is 3. The second-order valence-electron chi connectivity index (χ2n) is 11.6. The predicted octanol–water partition coefficient (Wildman–Crippen LogP) is 5.46. The molecule has 0 aliphatic heterocycles. The van der Waals surface area contributed by atoms with Crippen molar-refractivity contribution >= 4 is 17.8 Å². The van der Waals surface area contributed by atoms with Crippen LogP contribution in [0.1, 0.15) is 68.1 Å². The van der Waals surface area contributed by atoms with Gasteiger partial charge in [-0.3, -0.25) is 9.59 Å². The minimum Gasteiger partial charge on any atom is -0.497 e. The summed E-state index contributed by atoms with van der Waals surface area (Å²) in [7, 11) is 4.56. The van der Waals surface area contributed by atoms with Crippen LogP contribution in [0.15, 0.2) is 91.0 Å². The number of amides is 2. The van der Waals surface area contributed by atoms with Crippen molar-refractivity contribution in [2.45, 2.75) is 63.1 Å². The van der Waals surface area contributed by atoms with Gasteiger partial charge in [0.05, 0.1) is 27.9 Å². The van der Waals surface area contributed by atoms with E-state index in [0.29, 0.717) is 17.9 Å². The third kappa shape index (κ3) is 12.4. The molecular formula is C39H50N2O8. The molecule has 0 heterocycles. The van der Waals surface area contributed by atoms with Crippen molar-refractivity contribution < 1.29 is 38.4 Å². The molecule has 1 atom stereocenters. The highest BCUT2D eigenvalue weighted by Crippen LogP contribution is 2.41. The predicted molar refractivity (Wildman–Crippen MR) is 188 cm³/mol. The van der Waals surface area contributed by atoms with Gasteiger partial charge in [0.2, 0.25) is 5.91 Å². The van der Waals surface area contributed by atoms with E-state index in [0.717, 1.165) is 61.6 Å². The quantitative estimate of drug-likeness (QED) is 0.0555. The van der Waals surface area contributed by atoms with Gasteiger partial charge in [0.1, 0.15) is 17.1 Å². The van der Waals surface area contributed by atoms with Gasteiger partial charge in [0, 0.05) is 25.6 Å². The molecule has 0 radical (unpaired) electrons.